The minimum absolute atomic E-state index is 0.169. The number of carbonyl (C=O) groups excluding carboxylic acids is 1. The van der Waals surface area contributed by atoms with Gasteiger partial charge in [0.1, 0.15) is 6.42 Å². The number of rotatable bonds is 4. The van der Waals surface area contributed by atoms with Gasteiger partial charge in [-0.05, 0) is 25.1 Å². The van der Waals surface area contributed by atoms with Crippen LogP contribution < -0.4 is 10.6 Å². The van der Waals surface area contributed by atoms with Crippen LogP contribution in [0.15, 0.2) is 18.2 Å². The van der Waals surface area contributed by atoms with Crippen molar-refractivity contribution in [2.24, 2.45) is 0 Å². The van der Waals surface area contributed by atoms with Gasteiger partial charge in [-0.25, -0.2) is 0 Å². The van der Waals surface area contributed by atoms with Crippen molar-refractivity contribution >= 4 is 28.9 Å². The number of amides is 1. The van der Waals surface area contributed by atoms with Crippen LogP contribution in [0, 0.1) is 11.3 Å². The Kier molecular flexibility index (Phi) is 4.62. The smallest absolute Gasteiger partial charge is 0.238 e. The SMILES string of the molecule is CCNc1ccc(Cl)cc1NC(=O)CC#N. The van der Waals surface area contributed by atoms with Crippen LogP contribution in [0.25, 0.3) is 0 Å². The molecule has 0 aliphatic rings. The van der Waals surface area contributed by atoms with Crippen LogP contribution in [-0.2, 0) is 4.79 Å². The van der Waals surface area contributed by atoms with E-state index in [4.69, 9.17) is 16.9 Å². The average Bonchev–Trinajstić information content (AvgIpc) is 2.22. The zero-order valence-electron chi connectivity index (χ0n) is 8.88. The van der Waals surface area contributed by atoms with Gasteiger partial charge in [0.25, 0.3) is 0 Å². The van der Waals surface area contributed by atoms with Crippen molar-refractivity contribution in [3.63, 3.8) is 0 Å². The third-order valence-electron chi connectivity index (χ3n) is 1.86. The second kappa shape index (κ2) is 5.99. The summed E-state index contributed by atoms with van der Waals surface area (Å²) in [5, 5.41) is 14.6. The Hall–Kier alpha value is -1.73. The van der Waals surface area contributed by atoms with Gasteiger partial charge in [-0.15, -0.1) is 0 Å². The largest absolute Gasteiger partial charge is 0.384 e. The Morgan fingerprint density at radius 3 is 2.88 bits per heavy atom. The standard InChI is InChI=1S/C11H12ClN3O/c1-2-14-9-4-3-8(12)7-10(9)15-11(16)5-6-13/h3-4,7,14H,2,5H2,1H3,(H,15,16). The van der Waals surface area contributed by atoms with Gasteiger partial charge in [0, 0.05) is 11.6 Å². The summed E-state index contributed by atoms with van der Waals surface area (Å²) in [4.78, 5) is 11.3. The lowest BCUT2D eigenvalue weighted by molar-refractivity contribution is -0.115. The summed E-state index contributed by atoms with van der Waals surface area (Å²) in [6.07, 6.45) is -0.169. The lowest BCUT2D eigenvalue weighted by Gasteiger charge is -2.11. The highest BCUT2D eigenvalue weighted by atomic mass is 35.5. The molecule has 1 amide bonds. The fraction of sp³-hybridized carbons (Fsp3) is 0.273. The quantitative estimate of drug-likeness (QED) is 0.846. The Morgan fingerprint density at radius 2 is 2.25 bits per heavy atom. The highest BCUT2D eigenvalue weighted by Gasteiger charge is 2.06. The first-order valence-corrected chi connectivity index (χ1v) is 5.25. The Labute approximate surface area is 99.2 Å². The Bertz CT molecular complexity index is 426. The number of benzene rings is 1. The molecule has 0 radical (unpaired) electrons. The number of carbonyl (C=O) groups is 1. The maximum atomic E-state index is 11.3. The minimum atomic E-state index is -0.344. The summed E-state index contributed by atoms with van der Waals surface area (Å²) in [6, 6.07) is 6.96. The fourth-order valence-corrected chi connectivity index (χ4v) is 1.40. The molecule has 1 aromatic rings. The zero-order chi connectivity index (χ0) is 12.0. The molecule has 2 N–H and O–H groups in total. The number of hydrogen-bond acceptors (Lipinski definition) is 3. The highest BCUT2D eigenvalue weighted by Crippen LogP contribution is 2.25. The number of nitriles is 1. The molecule has 16 heavy (non-hydrogen) atoms. The number of halogens is 1. The first kappa shape index (κ1) is 12.3. The first-order chi connectivity index (χ1) is 7.67. The van der Waals surface area contributed by atoms with Crippen LogP contribution in [0.5, 0.6) is 0 Å². The van der Waals surface area contributed by atoms with Crippen molar-refractivity contribution in [2.75, 3.05) is 17.2 Å². The van der Waals surface area contributed by atoms with Crippen LogP contribution in [0.2, 0.25) is 5.02 Å². The third kappa shape index (κ3) is 3.44. The molecule has 4 nitrogen and oxygen atoms in total. The van der Waals surface area contributed by atoms with Gasteiger partial charge in [0.15, 0.2) is 0 Å². The van der Waals surface area contributed by atoms with Crippen LogP contribution >= 0.6 is 11.6 Å². The fourth-order valence-electron chi connectivity index (χ4n) is 1.23. The average molecular weight is 238 g/mol. The normalized spacial score (nSPS) is 9.31. The summed E-state index contributed by atoms with van der Waals surface area (Å²) in [6.45, 7) is 2.69. The Morgan fingerprint density at radius 1 is 1.50 bits per heavy atom. The topological polar surface area (TPSA) is 64.9 Å². The maximum Gasteiger partial charge on any atom is 0.238 e. The van der Waals surface area contributed by atoms with E-state index in [0.717, 1.165) is 12.2 Å². The van der Waals surface area contributed by atoms with Gasteiger partial charge in [0.2, 0.25) is 5.91 Å². The molecule has 0 atom stereocenters. The summed E-state index contributed by atoms with van der Waals surface area (Å²) >= 11 is 5.83. The predicted molar refractivity (Wildman–Crippen MR) is 64.5 cm³/mol. The van der Waals surface area contributed by atoms with Crippen LogP contribution in [0.3, 0.4) is 0 Å². The summed E-state index contributed by atoms with van der Waals surface area (Å²) < 4.78 is 0. The number of nitrogens with one attached hydrogen (secondary N) is 2. The van der Waals surface area contributed by atoms with Gasteiger partial charge in [0.05, 0.1) is 17.4 Å². The van der Waals surface area contributed by atoms with E-state index in [-0.39, 0.29) is 12.3 Å². The van der Waals surface area contributed by atoms with E-state index in [1.165, 1.54) is 0 Å². The minimum Gasteiger partial charge on any atom is -0.384 e. The van der Waals surface area contributed by atoms with Crippen LogP contribution in [0.1, 0.15) is 13.3 Å². The molecular weight excluding hydrogens is 226 g/mol. The molecule has 0 spiro atoms. The molecule has 0 fully saturated rings. The van der Waals surface area contributed by atoms with Gasteiger partial charge in [-0.1, -0.05) is 11.6 Å². The van der Waals surface area contributed by atoms with Crippen LogP contribution in [0.4, 0.5) is 11.4 Å². The Balaban J connectivity index is 2.88. The molecule has 84 valence electrons. The van der Waals surface area contributed by atoms with Crippen molar-refractivity contribution in [2.45, 2.75) is 13.3 Å². The molecule has 0 saturated heterocycles. The van der Waals surface area contributed by atoms with E-state index in [2.05, 4.69) is 10.6 Å². The number of nitrogens with zero attached hydrogens (tertiary/aromatic N) is 1. The summed E-state index contributed by atoms with van der Waals surface area (Å²) in [5.74, 6) is -0.344. The van der Waals surface area contributed by atoms with E-state index >= 15 is 0 Å². The van der Waals surface area contributed by atoms with E-state index in [1.807, 2.05) is 6.92 Å². The molecule has 0 aromatic heterocycles. The van der Waals surface area contributed by atoms with Crippen molar-refractivity contribution in [3.8, 4) is 6.07 Å². The second-order valence-electron chi connectivity index (χ2n) is 3.10. The van der Waals surface area contributed by atoms with Gasteiger partial charge >= 0.3 is 0 Å². The lowest BCUT2D eigenvalue weighted by Crippen LogP contribution is -2.12. The third-order valence-corrected chi connectivity index (χ3v) is 2.10. The molecule has 0 heterocycles. The molecule has 5 heteroatoms. The van der Waals surface area contributed by atoms with Gasteiger partial charge in [-0.2, -0.15) is 5.26 Å². The zero-order valence-corrected chi connectivity index (χ0v) is 9.64. The molecule has 1 aromatic carbocycles. The van der Waals surface area contributed by atoms with E-state index in [9.17, 15) is 4.79 Å². The number of anilines is 2. The molecule has 0 aliphatic heterocycles. The van der Waals surface area contributed by atoms with E-state index < -0.39 is 0 Å². The summed E-state index contributed by atoms with van der Waals surface area (Å²) in [7, 11) is 0. The molecule has 1 rings (SSSR count). The molecule has 0 saturated carbocycles. The van der Waals surface area contributed by atoms with Crippen molar-refractivity contribution in [1.29, 1.82) is 5.26 Å². The first-order valence-electron chi connectivity index (χ1n) is 4.87. The van der Waals surface area contributed by atoms with Gasteiger partial charge in [-0.3, -0.25) is 4.79 Å². The highest BCUT2D eigenvalue weighted by molar-refractivity contribution is 6.31. The number of hydrogen-bond donors (Lipinski definition) is 2. The monoisotopic (exact) mass is 237 g/mol. The van der Waals surface area contributed by atoms with E-state index in [1.54, 1.807) is 24.3 Å². The molecular formula is C11H12ClN3O. The molecule has 0 bridgehead atoms. The predicted octanol–water partition coefficient (Wildman–Crippen LogP) is 2.62. The molecule has 0 aliphatic carbocycles. The van der Waals surface area contributed by atoms with Crippen molar-refractivity contribution in [3.05, 3.63) is 23.2 Å². The maximum absolute atomic E-state index is 11.3. The van der Waals surface area contributed by atoms with Crippen molar-refractivity contribution in [1.82, 2.24) is 0 Å². The second-order valence-corrected chi connectivity index (χ2v) is 3.54. The molecule has 0 unspecified atom stereocenters. The van der Waals surface area contributed by atoms with E-state index in [0.29, 0.717) is 10.7 Å². The lowest BCUT2D eigenvalue weighted by atomic mass is 10.2. The van der Waals surface area contributed by atoms with Gasteiger partial charge < -0.3 is 10.6 Å². The van der Waals surface area contributed by atoms with Crippen molar-refractivity contribution < 1.29 is 4.79 Å². The van der Waals surface area contributed by atoms with Crippen LogP contribution in [-0.4, -0.2) is 12.5 Å². The summed E-state index contributed by atoms with van der Waals surface area (Å²) in [5.41, 5.74) is 1.38.